The van der Waals surface area contributed by atoms with Gasteiger partial charge in [0.25, 0.3) is 5.91 Å². The molecule has 3 nitrogen and oxygen atoms in total. The summed E-state index contributed by atoms with van der Waals surface area (Å²) in [7, 11) is 0. The maximum absolute atomic E-state index is 12.2. The Hall–Kier alpha value is -1.09. The third-order valence-electron chi connectivity index (χ3n) is 2.54. The topological polar surface area (TPSA) is 33.2 Å². The maximum Gasteiger partial charge on any atom is 0.255 e. The van der Waals surface area contributed by atoms with E-state index in [0.717, 1.165) is 32.4 Å². The molecule has 17 heavy (non-hydrogen) atoms. The fourth-order valence-corrected chi connectivity index (χ4v) is 1.73. The summed E-state index contributed by atoms with van der Waals surface area (Å²) >= 11 is 5.70. The van der Waals surface area contributed by atoms with Crippen LogP contribution in [0.2, 0.25) is 5.15 Å². The van der Waals surface area contributed by atoms with Crippen molar-refractivity contribution in [3.05, 3.63) is 29.0 Å². The van der Waals surface area contributed by atoms with E-state index in [-0.39, 0.29) is 5.91 Å². The van der Waals surface area contributed by atoms with Crippen LogP contribution >= 0.6 is 11.6 Å². The van der Waals surface area contributed by atoms with E-state index in [4.69, 9.17) is 11.6 Å². The average molecular weight is 255 g/mol. The van der Waals surface area contributed by atoms with Gasteiger partial charge in [0.2, 0.25) is 0 Å². The fourth-order valence-electron chi connectivity index (χ4n) is 1.62. The first kappa shape index (κ1) is 14.0. The molecule has 0 aliphatic heterocycles. The second-order valence-electron chi connectivity index (χ2n) is 4.02. The number of amides is 1. The Balaban J connectivity index is 2.72. The fraction of sp³-hybridized carbons (Fsp3) is 0.538. The van der Waals surface area contributed by atoms with E-state index in [1.54, 1.807) is 18.3 Å². The van der Waals surface area contributed by atoms with Crippen molar-refractivity contribution in [3.63, 3.8) is 0 Å². The van der Waals surface area contributed by atoms with E-state index >= 15 is 0 Å². The molecule has 1 heterocycles. The van der Waals surface area contributed by atoms with Crippen LogP contribution in [0.3, 0.4) is 0 Å². The summed E-state index contributed by atoms with van der Waals surface area (Å²) in [6.45, 7) is 5.80. The van der Waals surface area contributed by atoms with Crippen LogP contribution in [-0.2, 0) is 0 Å². The lowest BCUT2D eigenvalue weighted by atomic mass is 10.2. The van der Waals surface area contributed by atoms with E-state index in [1.165, 1.54) is 0 Å². The molecule has 4 heteroatoms. The Morgan fingerprint density at radius 3 is 2.59 bits per heavy atom. The van der Waals surface area contributed by atoms with E-state index in [1.807, 2.05) is 4.90 Å². The van der Waals surface area contributed by atoms with Crippen LogP contribution in [0.1, 0.15) is 43.5 Å². The molecule has 1 rings (SSSR count). The number of aromatic nitrogens is 1. The normalized spacial score (nSPS) is 10.3. The van der Waals surface area contributed by atoms with E-state index < -0.39 is 0 Å². The van der Waals surface area contributed by atoms with Crippen LogP contribution < -0.4 is 0 Å². The molecule has 0 spiro atoms. The van der Waals surface area contributed by atoms with Crippen molar-refractivity contribution < 1.29 is 4.79 Å². The number of halogens is 1. The maximum atomic E-state index is 12.2. The number of carbonyl (C=O) groups is 1. The zero-order valence-electron chi connectivity index (χ0n) is 10.4. The second kappa shape index (κ2) is 7.28. The standard InChI is InChI=1S/C13H19ClN2O/c1-3-5-9-16(8-4-2)13(17)11-6-7-12(14)15-10-11/h6-7,10H,3-5,8-9H2,1-2H3. The summed E-state index contributed by atoms with van der Waals surface area (Å²) in [4.78, 5) is 18.0. The van der Waals surface area contributed by atoms with Crippen LogP contribution in [-0.4, -0.2) is 28.9 Å². The molecule has 0 radical (unpaired) electrons. The van der Waals surface area contributed by atoms with Crippen molar-refractivity contribution in [2.24, 2.45) is 0 Å². The molecule has 0 bridgehead atoms. The van der Waals surface area contributed by atoms with E-state index in [0.29, 0.717) is 10.7 Å². The van der Waals surface area contributed by atoms with Crippen molar-refractivity contribution >= 4 is 17.5 Å². The summed E-state index contributed by atoms with van der Waals surface area (Å²) in [5.41, 5.74) is 0.610. The first-order chi connectivity index (χ1) is 8.19. The number of carbonyl (C=O) groups excluding carboxylic acids is 1. The van der Waals surface area contributed by atoms with Gasteiger partial charge < -0.3 is 4.90 Å². The van der Waals surface area contributed by atoms with Gasteiger partial charge in [-0.15, -0.1) is 0 Å². The van der Waals surface area contributed by atoms with Gasteiger partial charge >= 0.3 is 0 Å². The summed E-state index contributed by atoms with van der Waals surface area (Å²) in [6, 6.07) is 3.38. The van der Waals surface area contributed by atoms with Crippen molar-refractivity contribution in [1.29, 1.82) is 0 Å². The molecule has 94 valence electrons. The average Bonchev–Trinajstić information content (AvgIpc) is 2.34. The number of pyridine rings is 1. The summed E-state index contributed by atoms with van der Waals surface area (Å²) < 4.78 is 0. The van der Waals surface area contributed by atoms with Gasteiger partial charge in [-0.3, -0.25) is 4.79 Å². The highest BCUT2D eigenvalue weighted by Gasteiger charge is 2.14. The van der Waals surface area contributed by atoms with Crippen molar-refractivity contribution in [2.45, 2.75) is 33.1 Å². The quantitative estimate of drug-likeness (QED) is 0.729. The molecule has 0 aliphatic carbocycles. The lowest BCUT2D eigenvalue weighted by Gasteiger charge is -2.21. The number of hydrogen-bond acceptors (Lipinski definition) is 2. The molecule has 1 amide bonds. The first-order valence-corrected chi connectivity index (χ1v) is 6.47. The smallest absolute Gasteiger partial charge is 0.255 e. The third kappa shape index (κ3) is 4.35. The molecule has 0 aliphatic rings. The van der Waals surface area contributed by atoms with Crippen LogP contribution in [0, 0.1) is 0 Å². The van der Waals surface area contributed by atoms with Gasteiger partial charge in [-0.1, -0.05) is 31.9 Å². The predicted molar refractivity (Wildman–Crippen MR) is 70.3 cm³/mol. The van der Waals surface area contributed by atoms with Gasteiger partial charge in [0.05, 0.1) is 5.56 Å². The highest BCUT2D eigenvalue weighted by molar-refractivity contribution is 6.29. The monoisotopic (exact) mass is 254 g/mol. The minimum Gasteiger partial charge on any atom is -0.339 e. The van der Waals surface area contributed by atoms with Crippen molar-refractivity contribution in [3.8, 4) is 0 Å². The van der Waals surface area contributed by atoms with Gasteiger partial charge in [-0.25, -0.2) is 4.98 Å². The largest absolute Gasteiger partial charge is 0.339 e. The van der Waals surface area contributed by atoms with Gasteiger partial charge in [-0.2, -0.15) is 0 Å². The number of nitrogens with zero attached hydrogens (tertiary/aromatic N) is 2. The Labute approximate surface area is 108 Å². The summed E-state index contributed by atoms with van der Waals surface area (Å²) in [5, 5.41) is 0.414. The number of unbranched alkanes of at least 4 members (excludes halogenated alkanes) is 1. The lowest BCUT2D eigenvalue weighted by Crippen LogP contribution is -2.32. The van der Waals surface area contributed by atoms with Crippen LogP contribution in [0.5, 0.6) is 0 Å². The summed E-state index contributed by atoms with van der Waals surface area (Å²) in [5.74, 6) is 0.0458. The third-order valence-corrected chi connectivity index (χ3v) is 2.76. The number of hydrogen-bond donors (Lipinski definition) is 0. The number of rotatable bonds is 6. The highest BCUT2D eigenvalue weighted by Crippen LogP contribution is 2.09. The van der Waals surface area contributed by atoms with E-state index in [9.17, 15) is 4.79 Å². The van der Waals surface area contributed by atoms with E-state index in [2.05, 4.69) is 18.8 Å². The van der Waals surface area contributed by atoms with Crippen LogP contribution in [0.15, 0.2) is 18.3 Å². The van der Waals surface area contributed by atoms with Gasteiger partial charge in [0.15, 0.2) is 0 Å². The van der Waals surface area contributed by atoms with Crippen molar-refractivity contribution in [1.82, 2.24) is 9.88 Å². The molecular weight excluding hydrogens is 236 g/mol. The molecule has 0 unspecified atom stereocenters. The Morgan fingerprint density at radius 2 is 2.06 bits per heavy atom. The minimum absolute atomic E-state index is 0.0458. The first-order valence-electron chi connectivity index (χ1n) is 6.09. The molecule has 1 aromatic rings. The molecule has 0 fully saturated rings. The van der Waals surface area contributed by atoms with Gasteiger partial charge in [0.1, 0.15) is 5.15 Å². The second-order valence-corrected chi connectivity index (χ2v) is 4.40. The predicted octanol–water partition coefficient (Wildman–Crippen LogP) is 3.39. The molecule has 0 atom stereocenters. The minimum atomic E-state index is 0.0458. The van der Waals surface area contributed by atoms with Gasteiger partial charge in [-0.05, 0) is 25.0 Å². The lowest BCUT2D eigenvalue weighted by molar-refractivity contribution is 0.0753. The molecule has 0 aromatic carbocycles. The van der Waals surface area contributed by atoms with Crippen LogP contribution in [0.25, 0.3) is 0 Å². The molecule has 0 N–H and O–H groups in total. The molecule has 1 aromatic heterocycles. The molecule has 0 saturated heterocycles. The van der Waals surface area contributed by atoms with Crippen LogP contribution in [0.4, 0.5) is 0 Å². The summed E-state index contributed by atoms with van der Waals surface area (Å²) in [6.07, 6.45) is 4.63. The highest BCUT2D eigenvalue weighted by atomic mass is 35.5. The van der Waals surface area contributed by atoms with Gasteiger partial charge in [0, 0.05) is 19.3 Å². The Morgan fingerprint density at radius 1 is 1.29 bits per heavy atom. The molecular formula is C13H19ClN2O. The SMILES string of the molecule is CCCCN(CCC)C(=O)c1ccc(Cl)nc1. The zero-order chi connectivity index (χ0) is 12.7. The Kier molecular flexibility index (Phi) is 5.98. The molecule has 0 saturated carbocycles. The van der Waals surface area contributed by atoms with Crippen molar-refractivity contribution in [2.75, 3.05) is 13.1 Å². The Bertz CT molecular complexity index is 351. The zero-order valence-corrected chi connectivity index (χ0v) is 11.2.